The van der Waals surface area contributed by atoms with Crippen LogP contribution >= 0.6 is 0 Å². The Morgan fingerprint density at radius 3 is 1.96 bits per heavy atom. The largest absolute Gasteiger partial charge is 0.426 e. The van der Waals surface area contributed by atoms with Gasteiger partial charge in [-0.15, -0.1) is 0 Å². The van der Waals surface area contributed by atoms with E-state index in [-0.39, 0.29) is 16.8 Å². The number of esters is 1. The fraction of sp³-hybridized carbons (Fsp3) is 0.500. The molecule has 5 heteroatoms. The predicted molar refractivity (Wildman–Crippen MR) is 102 cm³/mol. The average molecular weight is 343 g/mol. The van der Waals surface area contributed by atoms with Gasteiger partial charge in [-0.05, 0) is 23.0 Å². The lowest BCUT2D eigenvalue weighted by molar-refractivity contribution is -0.132. The van der Waals surface area contributed by atoms with E-state index in [1.165, 1.54) is 6.92 Å². The van der Waals surface area contributed by atoms with Crippen molar-refractivity contribution in [1.29, 1.82) is 0 Å². The van der Waals surface area contributed by atoms with E-state index in [9.17, 15) is 4.79 Å². The Kier molecular flexibility index (Phi) is 4.98. The molecule has 0 aliphatic heterocycles. The summed E-state index contributed by atoms with van der Waals surface area (Å²) < 4.78 is 7.41. The molecule has 0 spiro atoms. The summed E-state index contributed by atoms with van der Waals surface area (Å²) >= 11 is 0. The maximum absolute atomic E-state index is 11.7. The second-order valence-corrected chi connectivity index (χ2v) is 8.49. The number of nitrogens with zero attached hydrogens (tertiary/aromatic N) is 2. The third kappa shape index (κ3) is 4.62. The van der Waals surface area contributed by atoms with E-state index in [0.29, 0.717) is 5.75 Å². The second kappa shape index (κ2) is 6.54. The van der Waals surface area contributed by atoms with Gasteiger partial charge in [-0.3, -0.25) is 9.48 Å². The fourth-order valence-corrected chi connectivity index (χ4v) is 2.70. The molecule has 1 aromatic carbocycles. The van der Waals surface area contributed by atoms with Gasteiger partial charge in [0, 0.05) is 43.0 Å². The lowest BCUT2D eigenvalue weighted by atomic mass is 9.79. The smallest absolute Gasteiger partial charge is 0.308 e. The summed E-state index contributed by atoms with van der Waals surface area (Å²) in [5, 5.41) is 7.74. The van der Waals surface area contributed by atoms with E-state index in [0.717, 1.165) is 22.6 Å². The van der Waals surface area contributed by atoms with Crippen LogP contribution in [-0.4, -0.2) is 15.7 Å². The molecule has 0 amide bonds. The van der Waals surface area contributed by atoms with Crippen molar-refractivity contribution in [2.24, 2.45) is 7.05 Å². The van der Waals surface area contributed by atoms with Crippen molar-refractivity contribution in [2.75, 3.05) is 5.32 Å². The SMILES string of the molecule is CC(=O)Oc1c(C(C)(C)C)cc(Nc2ccn(C)n2)cc1C(C)(C)C. The Morgan fingerprint density at radius 1 is 1.08 bits per heavy atom. The molecule has 1 heterocycles. The van der Waals surface area contributed by atoms with Gasteiger partial charge >= 0.3 is 5.97 Å². The van der Waals surface area contributed by atoms with Crippen LogP contribution in [0.25, 0.3) is 0 Å². The molecule has 1 N–H and O–H groups in total. The van der Waals surface area contributed by atoms with Crippen LogP contribution in [0.5, 0.6) is 5.75 Å². The molecule has 1 aromatic heterocycles. The van der Waals surface area contributed by atoms with E-state index in [2.05, 4.69) is 52.0 Å². The minimum absolute atomic E-state index is 0.174. The quantitative estimate of drug-likeness (QED) is 0.649. The molecule has 0 saturated heterocycles. The number of carbonyl (C=O) groups is 1. The number of carbonyl (C=O) groups excluding carboxylic acids is 1. The maximum Gasteiger partial charge on any atom is 0.308 e. The second-order valence-electron chi connectivity index (χ2n) is 8.49. The monoisotopic (exact) mass is 343 g/mol. The molecule has 0 fully saturated rings. The highest BCUT2D eigenvalue weighted by Crippen LogP contribution is 2.42. The van der Waals surface area contributed by atoms with Gasteiger partial charge in [-0.25, -0.2) is 0 Å². The Labute approximate surface area is 150 Å². The van der Waals surface area contributed by atoms with Crippen molar-refractivity contribution in [3.63, 3.8) is 0 Å². The molecule has 2 aromatic rings. The van der Waals surface area contributed by atoms with Crippen molar-refractivity contribution in [2.45, 2.75) is 59.3 Å². The molecular formula is C20H29N3O2. The number of rotatable bonds is 3. The first-order valence-electron chi connectivity index (χ1n) is 8.52. The molecule has 0 atom stereocenters. The zero-order chi connectivity index (χ0) is 19.0. The molecule has 0 bridgehead atoms. The molecule has 25 heavy (non-hydrogen) atoms. The molecule has 0 saturated carbocycles. The van der Waals surface area contributed by atoms with Gasteiger partial charge in [0.2, 0.25) is 0 Å². The summed E-state index contributed by atoms with van der Waals surface area (Å²) in [6, 6.07) is 6.01. The Hall–Kier alpha value is -2.30. The number of aromatic nitrogens is 2. The normalized spacial score (nSPS) is 12.2. The minimum Gasteiger partial charge on any atom is -0.426 e. The topological polar surface area (TPSA) is 56.1 Å². The summed E-state index contributed by atoms with van der Waals surface area (Å²) in [6.45, 7) is 14.1. The van der Waals surface area contributed by atoms with Gasteiger partial charge < -0.3 is 10.1 Å². The molecule has 0 aliphatic rings. The number of nitrogens with one attached hydrogen (secondary N) is 1. The van der Waals surface area contributed by atoms with Crippen molar-refractivity contribution in [1.82, 2.24) is 9.78 Å². The zero-order valence-electron chi connectivity index (χ0n) is 16.5. The summed E-state index contributed by atoms with van der Waals surface area (Å²) in [4.78, 5) is 11.7. The van der Waals surface area contributed by atoms with Gasteiger partial charge in [0.25, 0.3) is 0 Å². The Bertz CT molecular complexity index is 742. The summed E-state index contributed by atoms with van der Waals surface area (Å²) in [5.41, 5.74) is 2.57. The molecule has 0 radical (unpaired) electrons. The number of hydrogen-bond acceptors (Lipinski definition) is 4. The van der Waals surface area contributed by atoms with Crippen molar-refractivity contribution >= 4 is 17.5 Å². The van der Waals surface area contributed by atoms with Crippen molar-refractivity contribution in [3.05, 3.63) is 35.5 Å². The minimum atomic E-state index is -0.304. The molecule has 136 valence electrons. The van der Waals surface area contributed by atoms with E-state index in [1.807, 2.05) is 31.4 Å². The van der Waals surface area contributed by atoms with Gasteiger partial charge in [0.1, 0.15) is 5.75 Å². The van der Waals surface area contributed by atoms with Crippen LogP contribution in [0.4, 0.5) is 11.5 Å². The van der Waals surface area contributed by atoms with Crippen LogP contribution in [0.1, 0.15) is 59.6 Å². The van der Waals surface area contributed by atoms with E-state index < -0.39 is 0 Å². The van der Waals surface area contributed by atoms with Gasteiger partial charge in [-0.2, -0.15) is 5.10 Å². The summed E-state index contributed by atoms with van der Waals surface area (Å²) in [6.07, 6.45) is 1.89. The highest BCUT2D eigenvalue weighted by Gasteiger charge is 2.29. The highest BCUT2D eigenvalue weighted by molar-refractivity contribution is 5.73. The molecule has 2 rings (SSSR count). The molecule has 0 unspecified atom stereocenters. The van der Waals surface area contributed by atoms with Gasteiger partial charge in [0.15, 0.2) is 5.82 Å². The first kappa shape index (κ1) is 19.0. The highest BCUT2D eigenvalue weighted by atomic mass is 16.5. The third-order valence-electron chi connectivity index (χ3n) is 3.94. The molecule has 5 nitrogen and oxygen atoms in total. The number of benzene rings is 1. The lowest BCUT2D eigenvalue weighted by Gasteiger charge is -2.30. The third-order valence-corrected chi connectivity index (χ3v) is 3.94. The van der Waals surface area contributed by atoms with E-state index in [1.54, 1.807) is 4.68 Å². The van der Waals surface area contributed by atoms with Gasteiger partial charge in [-0.1, -0.05) is 41.5 Å². The Balaban J connectivity index is 2.65. The summed E-state index contributed by atoms with van der Waals surface area (Å²) in [5.74, 6) is 1.14. The van der Waals surface area contributed by atoms with Crippen LogP contribution in [0, 0.1) is 0 Å². The van der Waals surface area contributed by atoms with Crippen LogP contribution in [-0.2, 0) is 22.7 Å². The molecule has 0 aliphatic carbocycles. The Morgan fingerprint density at radius 2 is 1.60 bits per heavy atom. The number of aryl methyl sites for hydroxylation is 1. The van der Waals surface area contributed by atoms with E-state index >= 15 is 0 Å². The standard InChI is InChI=1S/C20H29N3O2/c1-13(24)25-18-15(19(2,3)4)11-14(12-16(18)20(5,6)7)21-17-9-10-23(8)22-17/h9-12H,1-8H3,(H,21,22). The summed E-state index contributed by atoms with van der Waals surface area (Å²) in [7, 11) is 1.89. The van der Waals surface area contributed by atoms with Crippen LogP contribution in [0.15, 0.2) is 24.4 Å². The number of hydrogen-bond donors (Lipinski definition) is 1. The van der Waals surface area contributed by atoms with Crippen LogP contribution < -0.4 is 10.1 Å². The first-order chi connectivity index (χ1) is 11.4. The number of ether oxygens (including phenoxy) is 1. The maximum atomic E-state index is 11.7. The van der Waals surface area contributed by atoms with Gasteiger partial charge in [0.05, 0.1) is 0 Å². The van der Waals surface area contributed by atoms with Crippen LogP contribution in [0.2, 0.25) is 0 Å². The van der Waals surface area contributed by atoms with E-state index in [4.69, 9.17) is 4.74 Å². The van der Waals surface area contributed by atoms with Crippen molar-refractivity contribution < 1.29 is 9.53 Å². The molecular weight excluding hydrogens is 314 g/mol. The fourth-order valence-electron chi connectivity index (χ4n) is 2.70. The van der Waals surface area contributed by atoms with Crippen LogP contribution in [0.3, 0.4) is 0 Å². The predicted octanol–water partition coefficient (Wildman–Crippen LogP) is 4.68. The van der Waals surface area contributed by atoms with Crippen molar-refractivity contribution in [3.8, 4) is 5.75 Å². The first-order valence-corrected chi connectivity index (χ1v) is 8.52. The zero-order valence-corrected chi connectivity index (χ0v) is 16.5. The lowest BCUT2D eigenvalue weighted by Crippen LogP contribution is -2.21. The average Bonchev–Trinajstić information content (AvgIpc) is 2.82. The number of anilines is 2.